The molecule has 0 aromatic carbocycles. The lowest BCUT2D eigenvalue weighted by Gasteiger charge is -2.19. The molecule has 0 saturated carbocycles. The first-order chi connectivity index (χ1) is 5.43. The van der Waals surface area contributed by atoms with Crippen molar-refractivity contribution in [1.82, 2.24) is 0 Å². The predicted octanol–water partition coefficient (Wildman–Crippen LogP) is 1.32. The van der Waals surface area contributed by atoms with E-state index in [1.54, 1.807) is 6.26 Å². The van der Waals surface area contributed by atoms with E-state index >= 15 is 0 Å². The normalized spacial score (nSPS) is 20.5. The second kappa shape index (κ2) is 5.79. The van der Waals surface area contributed by atoms with Crippen molar-refractivity contribution in [3.8, 4) is 0 Å². The van der Waals surface area contributed by atoms with Gasteiger partial charge in [-0.3, -0.25) is 0 Å². The van der Waals surface area contributed by atoms with Crippen molar-refractivity contribution in [3.05, 3.63) is 0 Å². The Morgan fingerprint density at radius 3 is 2.73 bits per heavy atom. The fraction of sp³-hybridized carbons (Fsp3) is 1.00. The second-order valence-electron chi connectivity index (χ2n) is 2.21. The van der Waals surface area contributed by atoms with Gasteiger partial charge in [-0.25, -0.2) is 4.89 Å². The molecule has 1 heterocycles. The average molecular weight is 180 g/mol. The molecule has 0 amide bonds. The molecule has 1 saturated heterocycles. The highest BCUT2D eigenvalue weighted by Crippen LogP contribution is 2.11. The molecule has 4 nitrogen and oxygen atoms in total. The molecule has 5 heteroatoms. The molecule has 66 valence electrons. The minimum Gasteiger partial charge on any atom is -0.381 e. The third-order valence-electron chi connectivity index (χ3n) is 1.44. The summed E-state index contributed by atoms with van der Waals surface area (Å²) in [5, 5.41) is 4.43. The van der Waals surface area contributed by atoms with Gasteiger partial charge in [0.2, 0.25) is 0 Å². The summed E-state index contributed by atoms with van der Waals surface area (Å²) in [6, 6.07) is 0. The Labute approximate surface area is 70.2 Å². The minimum atomic E-state index is 0.121. The number of rotatable bonds is 4. The molecular formula is C6H12O4S. The van der Waals surface area contributed by atoms with Gasteiger partial charge in [-0.2, -0.15) is 0 Å². The van der Waals surface area contributed by atoms with E-state index in [-0.39, 0.29) is 6.10 Å². The molecule has 0 aromatic heterocycles. The largest absolute Gasteiger partial charge is 0.381 e. The van der Waals surface area contributed by atoms with Crippen LogP contribution in [0.5, 0.6) is 0 Å². The fourth-order valence-corrected chi connectivity index (χ4v) is 0.959. The van der Waals surface area contributed by atoms with E-state index in [0.717, 1.165) is 38.1 Å². The van der Waals surface area contributed by atoms with Gasteiger partial charge in [0.05, 0.1) is 0 Å². The van der Waals surface area contributed by atoms with Gasteiger partial charge in [0.15, 0.2) is 0 Å². The minimum absolute atomic E-state index is 0.121. The molecule has 1 aliphatic rings. The number of ether oxygens (including phenoxy) is 1. The molecule has 0 aromatic rings. The Morgan fingerprint density at radius 1 is 1.36 bits per heavy atom. The van der Waals surface area contributed by atoms with Gasteiger partial charge >= 0.3 is 0 Å². The lowest BCUT2D eigenvalue weighted by atomic mass is 10.2. The molecule has 0 bridgehead atoms. The van der Waals surface area contributed by atoms with E-state index in [2.05, 4.69) is 9.37 Å². The summed E-state index contributed by atoms with van der Waals surface area (Å²) in [6.45, 7) is 1.49. The van der Waals surface area contributed by atoms with Crippen molar-refractivity contribution >= 4 is 12.0 Å². The Balaban J connectivity index is 1.96. The smallest absolute Gasteiger partial charge is 0.101 e. The van der Waals surface area contributed by atoms with E-state index in [1.807, 2.05) is 0 Å². The lowest BCUT2D eigenvalue weighted by Crippen LogP contribution is -2.23. The molecule has 1 aliphatic heterocycles. The standard InChI is InChI=1S/C6H12O4S/c1-11-10-9-8-6-2-4-7-5-3-6/h6H,2-5H2,1H3. The zero-order valence-corrected chi connectivity index (χ0v) is 7.26. The van der Waals surface area contributed by atoms with E-state index in [1.165, 1.54) is 0 Å². The van der Waals surface area contributed by atoms with E-state index < -0.39 is 0 Å². The van der Waals surface area contributed by atoms with Crippen molar-refractivity contribution < 1.29 is 19.0 Å². The van der Waals surface area contributed by atoms with Gasteiger partial charge in [-0.15, -0.1) is 4.33 Å². The second-order valence-corrected chi connectivity index (χ2v) is 2.68. The van der Waals surface area contributed by atoms with Crippen molar-refractivity contribution in [2.24, 2.45) is 0 Å². The van der Waals surface area contributed by atoms with E-state index in [0.29, 0.717) is 0 Å². The zero-order valence-electron chi connectivity index (χ0n) is 6.45. The molecule has 1 rings (SSSR count). The fourth-order valence-electron chi connectivity index (χ4n) is 0.872. The maximum atomic E-state index is 5.12. The highest BCUT2D eigenvalue weighted by molar-refractivity contribution is 7.93. The first-order valence-electron chi connectivity index (χ1n) is 3.54. The van der Waals surface area contributed by atoms with Gasteiger partial charge < -0.3 is 4.74 Å². The first-order valence-corrected chi connectivity index (χ1v) is 4.69. The van der Waals surface area contributed by atoms with Crippen LogP contribution in [0.2, 0.25) is 0 Å². The van der Waals surface area contributed by atoms with Crippen LogP contribution in [0.25, 0.3) is 0 Å². The number of hydrogen-bond acceptors (Lipinski definition) is 5. The van der Waals surface area contributed by atoms with Crippen molar-refractivity contribution in [1.29, 1.82) is 0 Å². The van der Waals surface area contributed by atoms with E-state index in [4.69, 9.17) is 9.62 Å². The third kappa shape index (κ3) is 3.93. The van der Waals surface area contributed by atoms with Crippen LogP contribution in [0.4, 0.5) is 0 Å². The van der Waals surface area contributed by atoms with Crippen LogP contribution in [0.3, 0.4) is 0 Å². The Morgan fingerprint density at radius 2 is 2.09 bits per heavy atom. The van der Waals surface area contributed by atoms with Crippen LogP contribution in [0.15, 0.2) is 0 Å². The monoisotopic (exact) mass is 180 g/mol. The van der Waals surface area contributed by atoms with E-state index in [9.17, 15) is 0 Å². The summed E-state index contributed by atoms with van der Waals surface area (Å²) in [6.07, 6.45) is 3.62. The lowest BCUT2D eigenvalue weighted by molar-refractivity contribution is -0.480. The van der Waals surface area contributed by atoms with Gasteiger partial charge in [-0.1, -0.05) is 5.04 Å². The molecule has 0 radical (unpaired) electrons. The Hall–Kier alpha value is 0.190. The van der Waals surface area contributed by atoms with Gasteiger partial charge in [-0.05, 0) is 0 Å². The van der Waals surface area contributed by atoms with Crippen LogP contribution in [-0.2, 0) is 19.0 Å². The molecule has 0 unspecified atom stereocenters. The molecular weight excluding hydrogens is 168 g/mol. The number of hydrogen-bond donors (Lipinski definition) is 0. The summed E-state index contributed by atoms with van der Waals surface area (Å²) in [5.41, 5.74) is 0. The topological polar surface area (TPSA) is 36.9 Å². The third-order valence-corrected chi connectivity index (χ3v) is 1.63. The van der Waals surface area contributed by atoms with Crippen LogP contribution < -0.4 is 0 Å². The summed E-state index contributed by atoms with van der Waals surface area (Å²) in [5.74, 6) is 0. The Bertz CT molecular complexity index is 94.6. The van der Waals surface area contributed by atoms with Crippen LogP contribution in [-0.4, -0.2) is 25.6 Å². The highest BCUT2D eigenvalue weighted by Gasteiger charge is 2.15. The van der Waals surface area contributed by atoms with Crippen LogP contribution in [0, 0.1) is 0 Å². The zero-order chi connectivity index (χ0) is 7.94. The maximum absolute atomic E-state index is 5.12. The van der Waals surface area contributed by atoms with Crippen molar-refractivity contribution in [2.75, 3.05) is 19.5 Å². The van der Waals surface area contributed by atoms with Gasteiger partial charge in [0.1, 0.15) is 6.10 Å². The maximum Gasteiger partial charge on any atom is 0.101 e. The molecule has 1 fully saturated rings. The molecule has 0 aliphatic carbocycles. The average Bonchev–Trinajstić information content (AvgIpc) is 2.07. The van der Waals surface area contributed by atoms with Crippen molar-refractivity contribution in [2.45, 2.75) is 18.9 Å². The Kier molecular flexibility index (Phi) is 4.89. The first kappa shape index (κ1) is 9.28. The molecule has 0 N–H and O–H groups in total. The highest BCUT2D eigenvalue weighted by atomic mass is 32.2. The SMILES string of the molecule is CSOOOC1CCOCC1. The summed E-state index contributed by atoms with van der Waals surface area (Å²) in [7, 11) is 0. The van der Waals surface area contributed by atoms with Crippen molar-refractivity contribution in [3.63, 3.8) is 0 Å². The van der Waals surface area contributed by atoms with Gasteiger partial charge in [0, 0.05) is 44.4 Å². The molecule has 11 heavy (non-hydrogen) atoms. The summed E-state index contributed by atoms with van der Waals surface area (Å²) < 4.78 is 9.61. The summed E-state index contributed by atoms with van der Waals surface area (Å²) >= 11 is 1.11. The molecule has 0 spiro atoms. The molecule has 0 atom stereocenters. The predicted molar refractivity (Wildman–Crippen MR) is 40.6 cm³/mol. The van der Waals surface area contributed by atoms with Crippen LogP contribution in [0.1, 0.15) is 12.8 Å². The summed E-state index contributed by atoms with van der Waals surface area (Å²) in [4.78, 5) is 4.90. The van der Waals surface area contributed by atoms with Gasteiger partial charge in [0.25, 0.3) is 0 Å². The van der Waals surface area contributed by atoms with Crippen LogP contribution >= 0.6 is 12.0 Å². The quantitative estimate of drug-likeness (QED) is 0.282.